The minimum atomic E-state index is -0.230. The summed E-state index contributed by atoms with van der Waals surface area (Å²) in [5, 5.41) is 12.8. The van der Waals surface area contributed by atoms with Crippen LogP contribution in [0.5, 0.6) is 0 Å². The van der Waals surface area contributed by atoms with Crippen molar-refractivity contribution < 1.29 is 4.79 Å². The van der Waals surface area contributed by atoms with E-state index < -0.39 is 0 Å². The van der Waals surface area contributed by atoms with Gasteiger partial charge in [-0.15, -0.1) is 11.3 Å². The Morgan fingerprint density at radius 1 is 1.52 bits per heavy atom. The van der Waals surface area contributed by atoms with Gasteiger partial charge in [0.05, 0.1) is 5.69 Å². The molecular formula is C15H22N4OS. The predicted octanol–water partition coefficient (Wildman–Crippen LogP) is 2.43. The van der Waals surface area contributed by atoms with Crippen LogP contribution in [0.1, 0.15) is 42.4 Å². The van der Waals surface area contributed by atoms with Crippen molar-refractivity contribution in [1.82, 2.24) is 5.32 Å². The minimum absolute atomic E-state index is 0.230. The van der Waals surface area contributed by atoms with Crippen molar-refractivity contribution in [3.05, 3.63) is 10.4 Å². The maximum atomic E-state index is 11.8. The van der Waals surface area contributed by atoms with E-state index >= 15 is 0 Å². The summed E-state index contributed by atoms with van der Waals surface area (Å²) >= 11 is 1.32. The van der Waals surface area contributed by atoms with Crippen LogP contribution in [0.25, 0.3) is 0 Å². The van der Waals surface area contributed by atoms with Gasteiger partial charge in [-0.3, -0.25) is 4.79 Å². The second kappa shape index (κ2) is 5.57. The van der Waals surface area contributed by atoms with Crippen molar-refractivity contribution in [2.45, 2.75) is 27.2 Å². The van der Waals surface area contributed by atoms with Crippen molar-refractivity contribution >= 4 is 27.9 Å². The Labute approximate surface area is 129 Å². The number of carbonyl (C=O) groups is 1. The lowest BCUT2D eigenvalue weighted by atomic mass is 9.80. The molecule has 6 heteroatoms. The van der Waals surface area contributed by atoms with E-state index in [1.807, 2.05) is 0 Å². The highest BCUT2D eigenvalue weighted by atomic mass is 32.1. The van der Waals surface area contributed by atoms with Gasteiger partial charge in [0.1, 0.15) is 21.5 Å². The number of rotatable bonds is 2. The van der Waals surface area contributed by atoms with Crippen molar-refractivity contribution in [1.29, 1.82) is 5.26 Å². The molecule has 1 amide bonds. The lowest BCUT2D eigenvalue weighted by Gasteiger charge is -2.27. The molecule has 0 aliphatic carbocycles. The number of carbonyl (C=O) groups excluding carboxylic acids is 1. The summed E-state index contributed by atoms with van der Waals surface area (Å²) in [4.78, 5) is 14.5. The van der Waals surface area contributed by atoms with E-state index in [0.29, 0.717) is 22.0 Å². The first-order valence-electron chi connectivity index (χ1n) is 7.09. The fourth-order valence-electron chi connectivity index (χ4n) is 2.70. The largest absolute Gasteiger partial charge is 0.396 e. The van der Waals surface area contributed by atoms with E-state index in [4.69, 9.17) is 5.73 Å². The average molecular weight is 306 g/mol. The molecular weight excluding hydrogens is 284 g/mol. The monoisotopic (exact) mass is 306 g/mol. The molecule has 1 atom stereocenters. The molecule has 0 bridgehead atoms. The van der Waals surface area contributed by atoms with Gasteiger partial charge in [-0.25, -0.2) is 0 Å². The number of hydrogen-bond acceptors (Lipinski definition) is 5. The van der Waals surface area contributed by atoms with Crippen molar-refractivity contribution in [3.8, 4) is 6.07 Å². The van der Waals surface area contributed by atoms with Crippen LogP contribution in [0.15, 0.2) is 0 Å². The predicted molar refractivity (Wildman–Crippen MR) is 86.6 cm³/mol. The van der Waals surface area contributed by atoms with Crippen LogP contribution in [0.4, 0.5) is 10.7 Å². The number of nitrogens with two attached hydrogens (primary N) is 1. The second-order valence-corrected chi connectivity index (χ2v) is 7.51. The van der Waals surface area contributed by atoms with E-state index in [2.05, 4.69) is 37.1 Å². The third-order valence-corrected chi connectivity index (χ3v) is 5.44. The number of nitriles is 1. The summed E-state index contributed by atoms with van der Waals surface area (Å²) in [6.07, 6.45) is 1.10. The molecule has 1 fully saturated rings. The van der Waals surface area contributed by atoms with Crippen LogP contribution in [-0.2, 0) is 0 Å². The van der Waals surface area contributed by atoms with Gasteiger partial charge in [0.2, 0.25) is 0 Å². The van der Waals surface area contributed by atoms with Crippen LogP contribution >= 0.6 is 11.3 Å². The molecule has 2 heterocycles. The maximum absolute atomic E-state index is 11.8. The number of nitrogens with zero attached hydrogens (tertiary/aromatic N) is 2. The lowest BCUT2D eigenvalue weighted by Crippen LogP contribution is -2.25. The molecule has 1 aromatic rings. The number of anilines is 2. The van der Waals surface area contributed by atoms with Crippen LogP contribution < -0.4 is 16.0 Å². The summed E-state index contributed by atoms with van der Waals surface area (Å²) in [5.41, 5.74) is 6.96. The van der Waals surface area contributed by atoms with Gasteiger partial charge in [0.25, 0.3) is 5.91 Å². The number of nitrogen functional groups attached to an aromatic ring is 1. The highest BCUT2D eigenvalue weighted by molar-refractivity contribution is 7.19. The van der Waals surface area contributed by atoms with Crippen molar-refractivity contribution in [3.63, 3.8) is 0 Å². The average Bonchev–Trinajstić information content (AvgIpc) is 3.01. The normalized spacial score (nSPS) is 18.6. The van der Waals surface area contributed by atoms with E-state index in [0.717, 1.165) is 24.5 Å². The Bertz CT molecular complexity index is 594. The molecule has 1 aliphatic rings. The zero-order valence-corrected chi connectivity index (χ0v) is 13.8. The number of nitrogens with one attached hydrogen (secondary N) is 1. The number of thiophene rings is 1. The molecule has 2 rings (SSSR count). The van der Waals surface area contributed by atoms with Crippen LogP contribution in [0.3, 0.4) is 0 Å². The molecule has 0 radical (unpaired) electrons. The highest BCUT2D eigenvalue weighted by Gasteiger charge is 2.34. The zero-order valence-electron chi connectivity index (χ0n) is 13.0. The fraction of sp³-hybridized carbons (Fsp3) is 0.600. The molecule has 1 aromatic heterocycles. The van der Waals surface area contributed by atoms with Gasteiger partial charge in [-0.2, -0.15) is 5.26 Å². The van der Waals surface area contributed by atoms with E-state index in [1.165, 1.54) is 11.3 Å². The molecule has 21 heavy (non-hydrogen) atoms. The SMILES string of the molecule is CNC(=O)c1sc(N2CCC(C(C)(C)C)C2)c(C#N)c1N. The van der Waals surface area contributed by atoms with Crippen LogP contribution in [-0.4, -0.2) is 26.0 Å². The zero-order chi connectivity index (χ0) is 15.8. The first-order chi connectivity index (χ1) is 9.79. The first-order valence-corrected chi connectivity index (χ1v) is 7.90. The minimum Gasteiger partial charge on any atom is -0.396 e. The third kappa shape index (κ3) is 2.84. The number of hydrogen-bond donors (Lipinski definition) is 2. The molecule has 114 valence electrons. The second-order valence-electron chi connectivity index (χ2n) is 6.51. The topological polar surface area (TPSA) is 82.2 Å². The number of amides is 1. The van der Waals surface area contributed by atoms with E-state index in [9.17, 15) is 10.1 Å². The summed E-state index contributed by atoms with van der Waals surface area (Å²) in [7, 11) is 1.57. The van der Waals surface area contributed by atoms with Gasteiger partial charge >= 0.3 is 0 Å². The Morgan fingerprint density at radius 3 is 2.67 bits per heavy atom. The third-order valence-electron chi connectivity index (χ3n) is 4.17. The molecule has 0 saturated carbocycles. The summed E-state index contributed by atoms with van der Waals surface area (Å²) in [6.45, 7) is 8.54. The Balaban J connectivity index is 2.34. The Hall–Kier alpha value is -1.74. The first kappa shape index (κ1) is 15.6. The summed E-state index contributed by atoms with van der Waals surface area (Å²) in [6, 6.07) is 2.16. The summed E-state index contributed by atoms with van der Waals surface area (Å²) < 4.78 is 0. The smallest absolute Gasteiger partial charge is 0.263 e. The van der Waals surface area contributed by atoms with Crippen LogP contribution in [0.2, 0.25) is 0 Å². The van der Waals surface area contributed by atoms with Gasteiger partial charge < -0.3 is 16.0 Å². The highest BCUT2D eigenvalue weighted by Crippen LogP contribution is 2.42. The molecule has 3 N–H and O–H groups in total. The van der Waals surface area contributed by atoms with Gasteiger partial charge in [-0.05, 0) is 17.8 Å². The molecule has 5 nitrogen and oxygen atoms in total. The van der Waals surface area contributed by atoms with E-state index in [-0.39, 0.29) is 11.3 Å². The van der Waals surface area contributed by atoms with Crippen LogP contribution in [0, 0.1) is 22.7 Å². The quantitative estimate of drug-likeness (QED) is 0.879. The molecule has 0 aromatic carbocycles. The van der Waals surface area contributed by atoms with Gasteiger partial charge in [0, 0.05) is 20.1 Å². The van der Waals surface area contributed by atoms with E-state index in [1.54, 1.807) is 7.05 Å². The maximum Gasteiger partial charge on any atom is 0.263 e. The van der Waals surface area contributed by atoms with Gasteiger partial charge in [0.15, 0.2) is 0 Å². The molecule has 1 saturated heterocycles. The standard InChI is InChI=1S/C15H22N4OS/c1-15(2,3)9-5-6-19(8-9)14-10(7-16)11(17)12(21-14)13(20)18-4/h9H,5-6,8,17H2,1-4H3,(H,18,20). The molecule has 1 aliphatic heterocycles. The lowest BCUT2D eigenvalue weighted by molar-refractivity contribution is 0.0968. The van der Waals surface area contributed by atoms with Crippen molar-refractivity contribution in [2.75, 3.05) is 30.8 Å². The van der Waals surface area contributed by atoms with Crippen molar-refractivity contribution in [2.24, 2.45) is 11.3 Å². The Morgan fingerprint density at radius 2 is 2.19 bits per heavy atom. The molecule has 1 unspecified atom stereocenters. The Kier molecular flexibility index (Phi) is 4.15. The van der Waals surface area contributed by atoms with Gasteiger partial charge in [-0.1, -0.05) is 20.8 Å². The molecule has 0 spiro atoms. The fourth-order valence-corrected chi connectivity index (χ4v) is 3.85. The summed E-state index contributed by atoms with van der Waals surface area (Å²) in [5.74, 6) is 0.350.